The number of nitrogens with one attached hydrogen (secondary N) is 2. The number of ether oxygens (including phenoxy) is 1. The van der Waals surface area contributed by atoms with Crippen molar-refractivity contribution in [2.75, 3.05) is 20.3 Å². The molecule has 0 unspecified atom stereocenters. The number of phenols is 1. The Morgan fingerprint density at radius 2 is 2.05 bits per heavy atom. The van der Waals surface area contributed by atoms with Gasteiger partial charge in [-0.3, -0.25) is 0 Å². The molecule has 5 heteroatoms. The lowest BCUT2D eigenvalue weighted by Gasteiger charge is -2.14. The SMILES string of the molecule is COCCNC(=O)N[C@H](C)CCc1ccc(O)cc1. The molecule has 0 heterocycles. The number of benzene rings is 1. The average Bonchev–Trinajstić information content (AvgIpc) is 2.38. The molecule has 1 atom stereocenters. The summed E-state index contributed by atoms with van der Waals surface area (Å²) in [5.41, 5.74) is 1.14. The van der Waals surface area contributed by atoms with Crippen LogP contribution in [0.3, 0.4) is 0 Å². The number of aromatic hydroxyl groups is 1. The van der Waals surface area contributed by atoms with E-state index < -0.39 is 0 Å². The van der Waals surface area contributed by atoms with E-state index in [4.69, 9.17) is 4.74 Å². The summed E-state index contributed by atoms with van der Waals surface area (Å²) in [4.78, 5) is 11.5. The van der Waals surface area contributed by atoms with E-state index in [0.717, 1.165) is 18.4 Å². The largest absolute Gasteiger partial charge is 0.508 e. The fourth-order valence-electron chi connectivity index (χ4n) is 1.66. The minimum Gasteiger partial charge on any atom is -0.508 e. The Hall–Kier alpha value is -1.75. The van der Waals surface area contributed by atoms with Crippen LogP contribution in [-0.2, 0) is 11.2 Å². The van der Waals surface area contributed by atoms with Gasteiger partial charge in [-0.2, -0.15) is 0 Å². The van der Waals surface area contributed by atoms with Crippen molar-refractivity contribution in [2.45, 2.75) is 25.8 Å². The van der Waals surface area contributed by atoms with Gasteiger partial charge in [-0.05, 0) is 37.5 Å². The van der Waals surface area contributed by atoms with Gasteiger partial charge in [0.1, 0.15) is 5.75 Å². The van der Waals surface area contributed by atoms with Crippen LogP contribution in [0.4, 0.5) is 4.79 Å². The molecule has 5 nitrogen and oxygen atoms in total. The molecule has 0 aliphatic heterocycles. The number of rotatable bonds is 7. The monoisotopic (exact) mass is 266 g/mol. The van der Waals surface area contributed by atoms with Gasteiger partial charge >= 0.3 is 6.03 Å². The number of methoxy groups -OCH3 is 1. The normalized spacial score (nSPS) is 11.9. The van der Waals surface area contributed by atoms with Gasteiger partial charge in [0.05, 0.1) is 6.61 Å². The van der Waals surface area contributed by atoms with Gasteiger partial charge in [0.25, 0.3) is 0 Å². The maximum atomic E-state index is 11.5. The van der Waals surface area contributed by atoms with E-state index >= 15 is 0 Å². The van der Waals surface area contributed by atoms with Crippen LogP contribution in [0.5, 0.6) is 5.75 Å². The van der Waals surface area contributed by atoms with Crippen molar-refractivity contribution in [1.29, 1.82) is 0 Å². The van der Waals surface area contributed by atoms with E-state index in [0.29, 0.717) is 13.2 Å². The highest BCUT2D eigenvalue weighted by Gasteiger charge is 2.06. The fourth-order valence-corrected chi connectivity index (χ4v) is 1.66. The number of hydrogen-bond acceptors (Lipinski definition) is 3. The van der Waals surface area contributed by atoms with Gasteiger partial charge in [0.2, 0.25) is 0 Å². The molecule has 0 aliphatic carbocycles. The Kier molecular flexibility index (Phi) is 6.74. The number of amides is 2. The molecule has 1 rings (SSSR count). The second-order valence-corrected chi connectivity index (χ2v) is 4.50. The summed E-state index contributed by atoms with van der Waals surface area (Å²) in [5, 5.41) is 14.8. The Morgan fingerprint density at radius 1 is 1.37 bits per heavy atom. The summed E-state index contributed by atoms with van der Waals surface area (Å²) in [7, 11) is 1.60. The van der Waals surface area contributed by atoms with Crippen molar-refractivity contribution in [3.63, 3.8) is 0 Å². The van der Waals surface area contributed by atoms with Gasteiger partial charge < -0.3 is 20.5 Å². The summed E-state index contributed by atoms with van der Waals surface area (Å²) < 4.78 is 4.85. The Balaban J connectivity index is 2.21. The summed E-state index contributed by atoms with van der Waals surface area (Å²) in [6, 6.07) is 7.04. The van der Waals surface area contributed by atoms with E-state index in [1.807, 2.05) is 19.1 Å². The third kappa shape index (κ3) is 6.67. The minimum atomic E-state index is -0.171. The van der Waals surface area contributed by atoms with Gasteiger partial charge in [0.15, 0.2) is 0 Å². The molecule has 19 heavy (non-hydrogen) atoms. The van der Waals surface area contributed by atoms with E-state index in [2.05, 4.69) is 10.6 Å². The van der Waals surface area contributed by atoms with Crippen LogP contribution in [0.2, 0.25) is 0 Å². The molecular weight excluding hydrogens is 244 g/mol. The summed E-state index contributed by atoms with van der Waals surface area (Å²) in [5.74, 6) is 0.271. The Bertz CT molecular complexity index is 379. The first kappa shape index (κ1) is 15.3. The average molecular weight is 266 g/mol. The molecule has 106 valence electrons. The van der Waals surface area contributed by atoms with Crippen LogP contribution in [0.25, 0.3) is 0 Å². The van der Waals surface area contributed by atoms with Gasteiger partial charge in [-0.15, -0.1) is 0 Å². The van der Waals surface area contributed by atoms with Crippen LogP contribution < -0.4 is 10.6 Å². The smallest absolute Gasteiger partial charge is 0.315 e. The summed E-state index contributed by atoms with van der Waals surface area (Å²) in [6.07, 6.45) is 1.71. The van der Waals surface area contributed by atoms with Crippen LogP contribution in [0, 0.1) is 0 Å². The first-order chi connectivity index (χ1) is 9.11. The molecule has 2 amide bonds. The highest BCUT2D eigenvalue weighted by molar-refractivity contribution is 5.74. The predicted octanol–water partition coefficient (Wildman–Crippen LogP) is 1.66. The molecule has 0 aromatic heterocycles. The van der Waals surface area contributed by atoms with Crippen LogP contribution >= 0.6 is 0 Å². The van der Waals surface area contributed by atoms with Crippen molar-refractivity contribution in [1.82, 2.24) is 10.6 Å². The zero-order valence-corrected chi connectivity index (χ0v) is 11.5. The molecule has 0 aliphatic rings. The molecule has 1 aromatic carbocycles. The number of urea groups is 1. The number of hydrogen-bond donors (Lipinski definition) is 3. The van der Waals surface area contributed by atoms with Gasteiger partial charge in [-0.1, -0.05) is 12.1 Å². The second-order valence-electron chi connectivity index (χ2n) is 4.50. The number of phenolic OH excluding ortho intramolecular Hbond substituents is 1. The molecule has 0 spiro atoms. The van der Waals surface area contributed by atoms with Crippen molar-refractivity contribution >= 4 is 6.03 Å². The Morgan fingerprint density at radius 3 is 2.68 bits per heavy atom. The first-order valence-corrected chi connectivity index (χ1v) is 6.43. The summed E-state index contributed by atoms with van der Waals surface area (Å²) >= 11 is 0. The zero-order valence-electron chi connectivity index (χ0n) is 11.5. The van der Waals surface area contributed by atoms with E-state index in [1.165, 1.54) is 0 Å². The van der Waals surface area contributed by atoms with E-state index in [1.54, 1.807) is 19.2 Å². The lowest BCUT2D eigenvalue weighted by molar-refractivity contribution is 0.195. The third-order valence-electron chi connectivity index (χ3n) is 2.77. The third-order valence-corrected chi connectivity index (χ3v) is 2.77. The van der Waals surface area contributed by atoms with Crippen molar-refractivity contribution in [3.8, 4) is 5.75 Å². The maximum Gasteiger partial charge on any atom is 0.315 e. The maximum absolute atomic E-state index is 11.5. The highest BCUT2D eigenvalue weighted by Crippen LogP contribution is 2.11. The highest BCUT2D eigenvalue weighted by atomic mass is 16.5. The van der Waals surface area contributed by atoms with Crippen molar-refractivity contribution in [3.05, 3.63) is 29.8 Å². The standard InChI is InChI=1S/C14H22N2O3/c1-11(16-14(18)15-9-10-19-2)3-4-12-5-7-13(17)8-6-12/h5-8,11,17H,3-4,9-10H2,1-2H3,(H2,15,16,18)/t11-/m1/s1. The number of carbonyl (C=O) groups excluding carboxylic acids is 1. The molecule has 0 bridgehead atoms. The zero-order chi connectivity index (χ0) is 14.1. The van der Waals surface area contributed by atoms with Crippen LogP contribution in [-0.4, -0.2) is 37.4 Å². The molecule has 1 aromatic rings. The molecule has 0 saturated carbocycles. The fraction of sp³-hybridized carbons (Fsp3) is 0.500. The van der Waals surface area contributed by atoms with E-state index in [-0.39, 0.29) is 17.8 Å². The molecule has 0 radical (unpaired) electrons. The molecular formula is C14H22N2O3. The number of carbonyl (C=O) groups is 1. The summed E-state index contributed by atoms with van der Waals surface area (Å²) in [6.45, 7) is 2.98. The second kappa shape index (κ2) is 8.37. The van der Waals surface area contributed by atoms with Crippen molar-refractivity contribution in [2.24, 2.45) is 0 Å². The molecule has 0 saturated heterocycles. The Labute approximate surface area is 114 Å². The quantitative estimate of drug-likeness (QED) is 0.657. The first-order valence-electron chi connectivity index (χ1n) is 6.43. The topological polar surface area (TPSA) is 70.6 Å². The van der Waals surface area contributed by atoms with Crippen LogP contribution in [0.15, 0.2) is 24.3 Å². The van der Waals surface area contributed by atoms with Gasteiger partial charge in [-0.25, -0.2) is 4.79 Å². The predicted molar refractivity (Wildman–Crippen MR) is 74.3 cm³/mol. The number of aryl methyl sites for hydroxylation is 1. The van der Waals surface area contributed by atoms with Crippen LogP contribution in [0.1, 0.15) is 18.9 Å². The van der Waals surface area contributed by atoms with Gasteiger partial charge in [0, 0.05) is 19.7 Å². The minimum absolute atomic E-state index is 0.0938. The lowest BCUT2D eigenvalue weighted by atomic mass is 10.1. The van der Waals surface area contributed by atoms with E-state index in [9.17, 15) is 9.90 Å². The lowest BCUT2D eigenvalue weighted by Crippen LogP contribution is -2.42. The van der Waals surface area contributed by atoms with Crippen molar-refractivity contribution < 1.29 is 14.6 Å². The molecule has 3 N–H and O–H groups in total. The molecule has 0 fully saturated rings.